The van der Waals surface area contributed by atoms with E-state index in [2.05, 4.69) is 11.1 Å². The molecule has 1 aromatic carbocycles. The molecule has 0 fully saturated rings. The van der Waals surface area contributed by atoms with E-state index in [0.717, 1.165) is 5.69 Å². The first kappa shape index (κ1) is 26.1. The SMILES string of the molecule is C[C@H](Nc1ccccc1)C(=O)O.NC(=O)CC[C@H](N)C(=O)O.NCC(=O)O. The number of benzene rings is 1. The van der Waals surface area contributed by atoms with Gasteiger partial charge in [-0.15, -0.1) is 0 Å². The molecular formula is C16H26N4O7. The van der Waals surface area contributed by atoms with Crippen LogP contribution in [-0.4, -0.2) is 57.8 Å². The third kappa shape index (κ3) is 17.4. The number of carbonyl (C=O) groups is 4. The summed E-state index contributed by atoms with van der Waals surface area (Å²) in [6, 6.07) is 7.74. The molecule has 11 heteroatoms. The van der Waals surface area contributed by atoms with Gasteiger partial charge in [0.25, 0.3) is 0 Å². The van der Waals surface area contributed by atoms with Crippen LogP contribution in [0.3, 0.4) is 0 Å². The molecule has 0 heterocycles. The van der Waals surface area contributed by atoms with Crippen LogP contribution in [0.4, 0.5) is 5.69 Å². The maximum atomic E-state index is 10.4. The number of para-hydroxylation sites is 1. The van der Waals surface area contributed by atoms with Gasteiger partial charge in [0.15, 0.2) is 0 Å². The minimum absolute atomic E-state index is 0.0213. The number of carboxylic acids is 3. The lowest BCUT2D eigenvalue weighted by Gasteiger charge is -2.09. The molecule has 1 rings (SSSR count). The van der Waals surface area contributed by atoms with Gasteiger partial charge in [0.05, 0.1) is 6.54 Å². The molecule has 0 bridgehead atoms. The van der Waals surface area contributed by atoms with Crippen molar-refractivity contribution in [2.45, 2.75) is 31.8 Å². The molecule has 0 aromatic heterocycles. The number of anilines is 1. The van der Waals surface area contributed by atoms with E-state index in [9.17, 15) is 19.2 Å². The third-order valence-corrected chi connectivity index (χ3v) is 2.72. The molecular weight excluding hydrogens is 360 g/mol. The minimum Gasteiger partial charge on any atom is -0.480 e. The lowest BCUT2D eigenvalue weighted by atomic mass is 10.2. The maximum absolute atomic E-state index is 10.4. The monoisotopic (exact) mass is 386 g/mol. The summed E-state index contributed by atoms with van der Waals surface area (Å²) >= 11 is 0. The molecule has 152 valence electrons. The summed E-state index contributed by atoms with van der Waals surface area (Å²) in [5, 5.41) is 27.2. The smallest absolute Gasteiger partial charge is 0.325 e. The van der Waals surface area contributed by atoms with Gasteiger partial charge < -0.3 is 37.8 Å². The number of carboxylic acid groups (broad SMARTS) is 3. The van der Waals surface area contributed by atoms with Crippen LogP contribution in [0, 0.1) is 0 Å². The highest BCUT2D eigenvalue weighted by atomic mass is 16.4. The Morgan fingerprint density at radius 1 is 1.04 bits per heavy atom. The molecule has 0 saturated heterocycles. The zero-order valence-electron chi connectivity index (χ0n) is 14.9. The van der Waals surface area contributed by atoms with Crippen LogP contribution in [0.2, 0.25) is 0 Å². The zero-order chi connectivity index (χ0) is 21.4. The summed E-state index contributed by atoms with van der Waals surface area (Å²) < 4.78 is 0. The van der Waals surface area contributed by atoms with E-state index in [0.29, 0.717) is 0 Å². The fourth-order valence-electron chi connectivity index (χ4n) is 1.27. The Hall–Kier alpha value is -3.18. The van der Waals surface area contributed by atoms with Gasteiger partial charge >= 0.3 is 17.9 Å². The van der Waals surface area contributed by atoms with Crippen molar-refractivity contribution in [3.63, 3.8) is 0 Å². The zero-order valence-corrected chi connectivity index (χ0v) is 14.9. The Balaban J connectivity index is 0. The molecule has 0 spiro atoms. The van der Waals surface area contributed by atoms with Crippen LogP contribution < -0.4 is 22.5 Å². The maximum Gasteiger partial charge on any atom is 0.325 e. The van der Waals surface area contributed by atoms with Crippen molar-refractivity contribution < 1.29 is 34.5 Å². The van der Waals surface area contributed by atoms with Crippen molar-refractivity contribution in [3.8, 4) is 0 Å². The number of nitrogens with one attached hydrogen (secondary N) is 1. The summed E-state index contributed by atoms with van der Waals surface area (Å²) in [5.41, 5.74) is 15.2. The van der Waals surface area contributed by atoms with Crippen LogP contribution >= 0.6 is 0 Å². The molecule has 0 aliphatic heterocycles. The summed E-state index contributed by atoms with van der Waals surface area (Å²) in [4.78, 5) is 39.8. The normalized spacial score (nSPS) is 11.4. The molecule has 10 N–H and O–H groups in total. The Kier molecular flexibility index (Phi) is 14.6. The Labute approximate surface area is 156 Å². The minimum atomic E-state index is -1.11. The van der Waals surface area contributed by atoms with Gasteiger partial charge in [0, 0.05) is 12.1 Å². The number of primary amides is 1. The second kappa shape index (κ2) is 15.1. The van der Waals surface area contributed by atoms with Gasteiger partial charge in [-0.25, -0.2) is 0 Å². The molecule has 0 aliphatic rings. The van der Waals surface area contributed by atoms with Crippen LogP contribution in [0.25, 0.3) is 0 Å². The molecule has 0 unspecified atom stereocenters. The van der Waals surface area contributed by atoms with Crippen LogP contribution in [0.15, 0.2) is 30.3 Å². The number of nitrogens with two attached hydrogens (primary N) is 3. The van der Waals surface area contributed by atoms with Crippen molar-refractivity contribution in [2.75, 3.05) is 11.9 Å². The molecule has 0 radical (unpaired) electrons. The van der Waals surface area contributed by atoms with E-state index in [-0.39, 0.29) is 19.4 Å². The second-order valence-corrected chi connectivity index (χ2v) is 5.12. The van der Waals surface area contributed by atoms with Gasteiger partial charge in [-0.1, -0.05) is 18.2 Å². The molecule has 11 nitrogen and oxygen atoms in total. The third-order valence-electron chi connectivity index (χ3n) is 2.72. The van der Waals surface area contributed by atoms with Gasteiger partial charge in [0.1, 0.15) is 12.1 Å². The predicted octanol–water partition coefficient (Wildman–Crippen LogP) is -0.735. The van der Waals surface area contributed by atoms with E-state index in [1.165, 1.54) is 0 Å². The van der Waals surface area contributed by atoms with Crippen molar-refractivity contribution in [3.05, 3.63) is 30.3 Å². The largest absolute Gasteiger partial charge is 0.480 e. The van der Waals surface area contributed by atoms with Crippen molar-refractivity contribution >= 4 is 29.5 Å². The summed E-state index contributed by atoms with van der Waals surface area (Å²) in [5.74, 6) is -3.46. The van der Waals surface area contributed by atoms with E-state index in [1.807, 2.05) is 30.3 Å². The second-order valence-electron chi connectivity index (χ2n) is 5.12. The average molecular weight is 386 g/mol. The van der Waals surface area contributed by atoms with E-state index >= 15 is 0 Å². The number of hydrogen-bond donors (Lipinski definition) is 7. The average Bonchev–Trinajstić information content (AvgIpc) is 2.61. The van der Waals surface area contributed by atoms with Crippen molar-refractivity contribution in [1.29, 1.82) is 0 Å². The highest BCUT2D eigenvalue weighted by Gasteiger charge is 2.11. The van der Waals surface area contributed by atoms with Crippen LogP contribution in [0.5, 0.6) is 0 Å². The quantitative estimate of drug-likeness (QED) is 0.296. The topological polar surface area (TPSA) is 219 Å². The summed E-state index contributed by atoms with van der Waals surface area (Å²) in [6.07, 6.45) is 0.123. The number of aliphatic carboxylic acids is 3. The highest BCUT2D eigenvalue weighted by Crippen LogP contribution is 2.06. The number of hydrogen-bond acceptors (Lipinski definition) is 7. The first-order chi connectivity index (χ1) is 12.5. The van der Waals surface area contributed by atoms with Crippen LogP contribution in [0.1, 0.15) is 19.8 Å². The van der Waals surface area contributed by atoms with Crippen molar-refractivity contribution in [1.82, 2.24) is 0 Å². The lowest BCUT2D eigenvalue weighted by molar-refractivity contribution is -0.139. The molecule has 0 aliphatic carbocycles. The first-order valence-corrected chi connectivity index (χ1v) is 7.74. The number of amides is 1. The molecule has 0 saturated carbocycles. The Morgan fingerprint density at radius 2 is 1.52 bits per heavy atom. The molecule has 2 atom stereocenters. The fourth-order valence-corrected chi connectivity index (χ4v) is 1.27. The fraction of sp³-hybridized carbons (Fsp3) is 0.375. The first-order valence-electron chi connectivity index (χ1n) is 7.74. The summed E-state index contributed by atoms with van der Waals surface area (Å²) in [7, 11) is 0. The molecule has 1 aromatic rings. The molecule has 27 heavy (non-hydrogen) atoms. The van der Waals surface area contributed by atoms with Gasteiger partial charge in [-0.05, 0) is 25.5 Å². The molecule has 1 amide bonds. The van der Waals surface area contributed by atoms with Gasteiger partial charge in [-0.2, -0.15) is 0 Å². The van der Waals surface area contributed by atoms with Crippen molar-refractivity contribution in [2.24, 2.45) is 17.2 Å². The van der Waals surface area contributed by atoms with E-state index in [4.69, 9.17) is 26.8 Å². The highest BCUT2D eigenvalue weighted by molar-refractivity contribution is 5.77. The Bertz CT molecular complexity index is 596. The standard InChI is InChI=1S/C9H11NO2.C5H10N2O3.C2H5NO2/c1-7(9(11)12)10-8-5-3-2-4-6-8;6-3(5(9)10)1-2-4(7)8;3-1-2(4)5/h2-7,10H,1H3,(H,11,12);3H,1-2,6H2,(H2,7,8)(H,9,10);1,3H2,(H,4,5)/t7-;3-;/m00./s1. The predicted molar refractivity (Wildman–Crippen MR) is 97.9 cm³/mol. The summed E-state index contributed by atoms with van der Waals surface area (Å²) in [6.45, 7) is 1.33. The lowest BCUT2D eigenvalue weighted by Crippen LogP contribution is -2.31. The Morgan fingerprint density at radius 3 is 1.85 bits per heavy atom. The van der Waals surface area contributed by atoms with Crippen LogP contribution in [-0.2, 0) is 19.2 Å². The van der Waals surface area contributed by atoms with E-state index in [1.54, 1.807) is 6.92 Å². The number of carbonyl (C=O) groups excluding carboxylic acids is 1. The number of rotatable bonds is 8. The van der Waals surface area contributed by atoms with Gasteiger partial charge in [0.2, 0.25) is 5.91 Å². The van der Waals surface area contributed by atoms with E-state index < -0.39 is 35.9 Å². The van der Waals surface area contributed by atoms with Gasteiger partial charge in [-0.3, -0.25) is 19.2 Å².